The van der Waals surface area contributed by atoms with Gasteiger partial charge in [0.2, 0.25) is 0 Å². The number of hydrogen-bond acceptors (Lipinski definition) is 4. The maximum atomic E-state index is 11.1. The molecule has 0 N–H and O–H groups in total. The Labute approximate surface area is 82.1 Å². The lowest BCUT2D eigenvalue weighted by atomic mass is 10.3. The van der Waals surface area contributed by atoms with Gasteiger partial charge in [-0.15, -0.1) is 0 Å². The van der Waals surface area contributed by atoms with Crippen LogP contribution in [0.1, 0.15) is 25.5 Å². The van der Waals surface area contributed by atoms with Crippen molar-refractivity contribution in [2.75, 3.05) is 0 Å². The lowest BCUT2D eigenvalue weighted by molar-refractivity contribution is -0.134. The zero-order valence-electron chi connectivity index (χ0n) is 7.86. The largest absolute Gasteiger partial charge is 0.425 e. The van der Waals surface area contributed by atoms with Gasteiger partial charge < -0.3 is 4.74 Å². The number of pyridine rings is 1. The average Bonchev–Trinajstić information content (AvgIpc) is 2.19. The van der Waals surface area contributed by atoms with Crippen LogP contribution in [-0.4, -0.2) is 11.0 Å². The van der Waals surface area contributed by atoms with Crippen LogP contribution in [0.25, 0.3) is 0 Å². The van der Waals surface area contributed by atoms with Crippen LogP contribution in [0.15, 0.2) is 18.3 Å². The van der Waals surface area contributed by atoms with Crippen molar-refractivity contribution in [2.45, 2.75) is 19.8 Å². The number of aromatic nitrogens is 1. The van der Waals surface area contributed by atoms with Gasteiger partial charge in [-0.3, -0.25) is 4.79 Å². The normalized spacial score (nSPS) is 9.14. The molecule has 72 valence electrons. The van der Waals surface area contributed by atoms with Crippen molar-refractivity contribution in [3.8, 4) is 11.8 Å². The molecule has 0 atom stereocenters. The molecular formula is C10H10N2O2. The predicted octanol–water partition coefficient (Wildman–Crippen LogP) is 1.66. The summed E-state index contributed by atoms with van der Waals surface area (Å²) in [6.45, 7) is 1.90. The summed E-state index contributed by atoms with van der Waals surface area (Å²) in [5.41, 5.74) is 0.306. The van der Waals surface area contributed by atoms with Crippen LogP contribution in [0.4, 0.5) is 0 Å². The molecule has 0 radical (unpaired) electrons. The molecule has 0 saturated carbocycles. The molecule has 0 spiro atoms. The SMILES string of the molecule is CCCC(=O)Oc1ccc(C#N)nc1. The van der Waals surface area contributed by atoms with Gasteiger partial charge >= 0.3 is 5.97 Å². The first-order valence-corrected chi connectivity index (χ1v) is 4.33. The van der Waals surface area contributed by atoms with E-state index in [2.05, 4.69) is 4.98 Å². The van der Waals surface area contributed by atoms with E-state index in [1.807, 2.05) is 13.0 Å². The van der Waals surface area contributed by atoms with Crippen molar-refractivity contribution in [3.63, 3.8) is 0 Å². The third kappa shape index (κ3) is 2.87. The number of carbonyl (C=O) groups excluding carboxylic acids is 1. The minimum Gasteiger partial charge on any atom is -0.425 e. The molecule has 0 aliphatic heterocycles. The van der Waals surface area contributed by atoms with Gasteiger partial charge in [-0.05, 0) is 18.6 Å². The van der Waals surface area contributed by atoms with E-state index in [0.717, 1.165) is 6.42 Å². The molecule has 1 heterocycles. The van der Waals surface area contributed by atoms with Gasteiger partial charge in [0.1, 0.15) is 17.5 Å². The summed E-state index contributed by atoms with van der Waals surface area (Å²) in [5.74, 6) is 0.0986. The molecule has 14 heavy (non-hydrogen) atoms. The van der Waals surface area contributed by atoms with Crippen molar-refractivity contribution in [1.82, 2.24) is 4.98 Å². The van der Waals surface area contributed by atoms with Crippen LogP contribution in [0.5, 0.6) is 5.75 Å². The molecular weight excluding hydrogens is 180 g/mol. The Morgan fingerprint density at radius 3 is 2.93 bits per heavy atom. The van der Waals surface area contributed by atoms with Crippen molar-refractivity contribution in [3.05, 3.63) is 24.0 Å². The highest BCUT2D eigenvalue weighted by molar-refractivity contribution is 5.72. The van der Waals surface area contributed by atoms with E-state index in [1.54, 1.807) is 6.07 Å². The summed E-state index contributed by atoms with van der Waals surface area (Å²) in [7, 11) is 0. The third-order valence-corrected chi connectivity index (χ3v) is 1.54. The fourth-order valence-corrected chi connectivity index (χ4v) is 0.893. The van der Waals surface area contributed by atoms with E-state index in [0.29, 0.717) is 17.9 Å². The minimum absolute atomic E-state index is 0.279. The lowest BCUT2D eigenvalue weighted by Gasteiger charge is -2.01. The summed E-state index contributed by atoms with van der Waals surface area (Å²) in [4.78, 5) is 14.8. The summed E-state index contributed by atoms with van der Waals surface area (Å²) < 4.78 is 4.94. The third-order valence-electron chi connectivity index (χ3n) is 1.54. The van der Waals surface area contributed by atoms with Gasteiger partial charge in [0.05, 0.1) is 6.20 Å². The Morgan fingerprint density at radius 1 is 1.64 bits per heavy atom. The number of nitriles is 1. The van der Waals surface area contributed by atoms with E-state index in [1.165, 1.54) is 12.3 Å². The van der Waals surface area contributed by atoms with Gasteiger partial charge in [0.25, 0.3) is 0 Å². The Balaban J connectivity index is 2.61. The molecule has 4 nitrogen and oxygen atoms in total. The van der Waals surface area contributed by atoms with Gasteiger partial charge in [0.15, 0.2) is 0 Å². The van der Waals surface area contributed by atoms with Gasteiger partial charge in [-0.2, -0.15) is 5.26 Å². The van der Waals surface area contributed by atoms with E-state index < -0.39 is 0 Å². The first-order valence-electron chi connectivity index (χ1n) is 4.33. The van der Waals surface area contributed by atoms with Crippen molar-refractivity contribution in [2.24, 2.45) is 0 Å². The molecule has 0 saturated heterocycles. The molecule has 4 heteroatoms. The van der Waals surface area contributed by atoms with E-state index in [4.69, 9.17) is 10.00 Å². The van der Waals surface area contributed by atoms with Gasteiger partial charge in [0, 0.05) is 6.42 Å². The fraction of sp³-hybridized carbons (Fsp3) is 0.300. The zero-order valence-corrected chi connectivity index (χ0v) is 7.86. The second kappa shape index (κ2) is 4.97. The maximum absolute atomic E-state index is 11.1. The van der Waals surface area contributed by atoms with Crippen LogP contribution >= 0.6 is 0 Å². The summed E-state index contributed by atoms with van der Waals surface area (Å²) in [5, 5.41) is 8.47. The van der Waals surface area contributed by atoms with Crippen LogP contribution < -0.4 is 4.74 Å². The minimum atomic E-state index is -0.279. The number of carbonyl (C=O) groups is 1. The first kappa shape index (κ1) is 10.2. The summed E-state index contributed by atoms with van der Waals surface area (Å²) >= 11 is 0. The predicted molar refractivity (Wildman–Crippen MR) is 49.5 cm³/mol. The number of esters is 1. The topological polar surface area (TPSA) is 63.0 Å². The highest BCUT2D eigenvalue weighted by Crippen LogP contribution is 2.09. The molecule has 0 aliphatic carbocycles. The smallest absolute Gasteiger partial charge is 0.311 e. The zero-order chi connectivity index (χ0) is 10.4. The Kier molecular flexibility index (Phi) is 3.62. The quantitative estimate of drug-likeness (QED) is 0.680. The molecule has 0 amide bonds. The Bertz CT molecular complexity index is 351. The molecule has 1 rings (SSSR count). The highest BCUT2D eigenvalue weighted by Gasteiger charge is 2.03. The lowest BCUT2D eigenvalue weighted by Crippen LogP contribution is -2.06. The number of nitrogens with zero attached hydrogens (tertiary/aromatic N) is 2. The molecule has 1 aromatic rings. The van der Waals surface area contributed by atoms with E-state index >= 15 is 0 Å². The monoisotopic (exact) mass is 190 g/mol. The van der Waals surface area contributed by atoms with Crippen molar-refractivity contribution in [1.29, 1.82) is 5.26 Å². The van der Waals surface area contributed by atoms with Crippen LogP contribution in [0.3, 0.4) is 0 Å². The molecule has 1 aromatic heterocycles. The van der Waals surface area contributed by atoms with Gasteiger partial charge in [-0.1, -0.05) is 6.92 Å². The van der Waals surface area contributed by atoms with E-state index in [9.17, 15) is 4.79 Å². The van der Waals surface area contributed by atoms with Crippen molar-refractivity contribution < 1.29 is 9.53 Å². The van der Waals surface area contributed by atoms with Crippen LogP contribution in [-0.2, 0) is 4.79 Å². The number of rotatable bonds is 3. The van der Waals surface area contributed by atoms with Crippen LogP contribution in [0.2, 0.25) is 0 Å². The number of hydrogen-bond donors (Lipinski definition) is 0. The van der Waals surface area contributed by atoms with Gasteiger partial charge in [-0.25, -0.2) is 4.98 Å². The molecule has 0 bridgehead atoms. The second-order valence-electron chi connectivity index (χ2n) is 2.72. The second-order valence-corrected chi connectivity index (χ2v) is 2.72. The summed E-state index contributed by atoms with van der Waals surface area (Å²) in [6, 6.07) is 4.94. The van der Waals surface area contributed by atoms with Crippen molar-refractivity contribution >= 4 is 5.97 Å². The fourth-order valence-electron chi connectivity index (χ4n) is 0.893. The number of ether oxygens (including phenoxy) is 1. The molecule has 0 aliphatic rings. The Morgan fingerprint density at radius 2 is 2.43 bits per heavy atom. The Hall–Kier alpha value is -1.89. The average molecular weight is 190 g/mol. The molecule has 0 fully saturated rings. The van der Waals surface area contributed by atoms with E-state index in [-0.39, 0.29) is 5.97 Å². The molecule has 0 unspecified atom stereocenters. The van der Waals surface area contributed by atoms with Crippen LogP contribution in [0, 0.1) is 11.3 Å². The standard InChI is InChI=1S/C10H10N2O2/c1-2-3-10(13)14-9-5-4-8(6-11)12-7-9/h4-5,7H,2-3H2,1H3. The first-order chi connectivity index (χ1) is 6.76. The maximum Gasteiger partial charge on any atom is 0.311 e. The highest BCUT2D eigenvalue weighted by atomic mass is 16.5. The summed E-state index contributed by atoms with van der Waals surface area (Å²) in [6.07, 6.45) is 2.51. The molecule has 0 aromatic carbocycles.